The Labute approximate surface area is 108 Å². The molecular weight excluding hydrogens is 228 g/mol. The number of Topliss-reactive ketones (excluding diaryl/α,β-unsaturated/α-hetero) is 1. The predicted octanol–water partition coefficient (Wildman–Crippen LogP) is 2.54. The molecule has 0 bridgehead atoms. The zero-order valence-electron chi connectivity index (χ0n) is 11.3. The molecule has 0 spiro atoms. The third kappa shape index (κ3) is 2.99. The second-order valence-corrected chi connectivity index (χ2v) is 5.25. The Balaban J connectivity index is 2.02. The highest BCUT2D eigenvalue weighted by molar-refractivity contribution is 5.96. The quantitative estimate of drug-likeness (QED) is 0.754. The number of ether oxygens (including phenoxy) is 1. The highest BCUT2D eigenvalue weighted by Gasteiger charge is 2.27. The van der Waals surface area contributed by atoms with Crippen molar-refractivity contribution in [3.05, 3.63) is 18.0 Å². The lowest BCUT2D eigenvalue weighted by molar-refractivity contribution is 0.0861. The molecule has 0 saturated heterocycles. The number of carbonyl (C=O) groups is 1. The zero-order chi connectivity index (χ0) is 13.0. The summed E-state index contributed by atoms with van der Waals surface area (Å²) in [6.07, 6.45) is 6.09. The molecule has 1 heterocycles. The van der Waals surface area contributed by atoms with Crippen molar-refractivity contribution < 1.29 is 9.53 Å². The summed E-state index contributed by atoms with van der Waals surface area (Å²) in [5.41, 5.74) is 0.742. The van der Waals surface area contributed by atoms with Gasteiger partial charge < -0.3 is 4.74 Å². The SMILES string of the molecule is COCCn1nccc1C(=O)C1CCC(C)CC1. The van der Waals surface area contributed by atoms with Crippen LogP contribution in [-0.2, 0) is 11.3 Å². The molecule has 1 aliphatic rings. The van der Waals surface area contributed by atoms with E-state index in [4.69, 9.17) is 4.74 Å². The molecule has 100 valence electrons. The van der Waals surface area contributed by atoms with Crippen LogP contribution in [0, 0.1) is 11.8 Å². The number of hydrogen-bond acceptors (Lipinski definition) is 3. The summed E-state index contributed by atoms with van der Waals surface area (Å²) in [5, 5.41) is 4.20. The van der Waals surface area contributed by atoms with Gasteiger partial charge in [0.25, 0.3) is 0 Å². The van der Waals surface area contributed by atoms with Gasteiger partial charge in [-0.1, -0.05) is 19.8 Å². The largest absolute Gasteiger partial charge is 0.383 e. The number of ketones is 1. The molecule has 1 aromatic heterocycles. The number of methoxy groups -OCH3 is 1. The Morgan fingerprint density at radius 3 is 2.83 bits per heavy atom. The Morgan fingerprint density at radius 1 is 1.44 bits per heavy atom. The molecule has 1 aromatic rings. The van der Waals surface area contributed by atoms with E-state index in [0.29, 0.717) is 13.2 Å². The number of hydrogen-bond donors (Lipinski definition) is 0. The molecule has 4 heteroatoms. The minimum Gasteiger partial charge on any atom is -0.383 e. The Kier molecular flexibility index (Phi) is 4.53. The molecule has 18 heavy (non-hydrogen) atoms. The van der Waals surface area contributed by atoms with Crippen LogP contribution in [0.3, 0.4) is 0 Å². The normalized spacial score (nSPS) is 24.1. The molecule has 1 saturated carbocycles. The summed E-state index contributed by atoms with van der Waals surface area (Å²) in [4.78, 5) is 12.4. The van der Waals surface area contributed by atoms with Crippen LogP contribution < -0.4 is 0 Å². The maximum absolute atomic E-state index is 12.4. The maximum Gasteiger partial charge on any atom is 0.183 e. The third-order valence-electron chi connectivity index (χ3n) is 3.86. The van der Waals surface area contributed by atoms with Crippen molar-refractivity contribution in [1.29, 1.82) is 0 Å². The van der Waals surface area contributed by atoms with Crippen molar-refractivity contribution in [1.82, 2.24) is 9.78 Å². The van der Waals surface area contributed by atoms with E-state index in [1.54, 1.807) is 18.0 Å². The van der Waals surface area contributed by atoms with E-state index in [1.807, 2.05) is 6.07 Å². The zero-order valence-corrected chi connectivity index (χ0v) is 11.3. The number of aromatic nitrogens is 2. The fourth-order valence-electron chi connectivity index (χ4n) is 2.63. The lowest BCUT2D eigenvalue weighted by Crippen LogP contribution is -2.24. The second-order valence-electron chi connectivity index (χ2n) is 5.25. The van der Waals surface area contributed by atoms with Crippen molar-refractivity contribution in [3.63, 3.8) is 0 Å². The lowest BCUT2D eigenvalue weighted by atomic mass is 9.80. The summed E-state index contributed by atoms with van der Waals surface area (Å²) in [6.45, 7) is 3.50. The van der Waals surface area contributed by atoms with E-state index in [1.165, 1.54) is 12.8 Å². The third-order valence-corrected chi connectivity index (χ3v) is 3.86. The Morgan fingerprint density at radius 2 is 2.17 bits per heavy atom. The maximum atomic E-state index is 12.4. The van der Waals surface area contributed by atoms with Gasteiger partial charge in [0.2, 0.25) is 0 Å². The monoisotopic (exact) mass is 250 g/mol. The highest BCUT2D eigenvalue weighted by Crippen LogP contribution is 2.30. The van der Waals surface area contributed by atoms with Gasteiger partial charge in [-0.15, -0.1) is 0 Å². The topological polar surface area (TPSA) is 44.1 Å². The van der Waals surface area contributed by atoms with Gasteiger partial charge >= 0.3 is 0 Å². The van der Waals surface area contributed by atoms with Crippen molar-refractivity contribution >= 4 is 5.78 Å². The molecule has 1 aliphatic carbocycles. The minimum atomic E-state index is 0.194. The first-order chi connectivity index (χ1) is 8.72. The molecule has 0 unspecified atom stereocenters. The van der Waals surface area contributed by atoms with E-state index < -0.39 is 0 Å². The van der Waals surface area contributed by atoms with Gasteiger partial charge in [0, 0.05) is 19.2 Å². The molecule has 1 fully saturated rings. The summed E-state index contributed by atoms with van der Waals surface area (Å²) < 4.78 is 6.81. The highest BCUT2D eigenvalue weighted by atomic mass is 16.5. The van der Waals surface area contributed by atoms with Gasteiger partial charge in [-0.05, 0) is 24.8 Å². The summed E-state index contributed by atoms with van der Waals surface area (Å²) >= 11 is 0. The van der Waals surface area contributed by atoms with Crippen molar-refractivity contribution in [3.8, 4) is 0 Å². The molecule has 0 N–H and O–H groups in total. The molecule has 0 aromatic carbocycles. The van der Waals surface area contributed by atoms with Gasteiger partial charge in [-0.2, -0.15) is 5.10 Å². The first-order valence-electron chi connectivity index (χ1n) is 6.77. The minimum absolute atomic E-state index is 0.194. The van der Waals surface area contributed by atoms with Crippen LogP contribution in [-0.4, -0.2) is 29.3 Å². The van der Waals surface area contributed by atoms with Crippen LogP contribution in [0.2, 0.25) is 0 Å². The van der Waals surface area contributed by atoms with E-state index >= 15 is 0 Å². The molecule has 4 nitrogen and oxygen atoms in total. The van der Waals surface area contributed by atoms with Gasteiger partial charge in [0.15, 0.2) is 5.78 Å². The molecule has 0 amide bonds. The van der Waals surface area contributed by atoms with Crippen molar-refractivity contribution in [2.75, 3.05) is 13.7 Å². The van der Waals surface area contributed by atoms with Crippen LogP contribution in [0.5, 0.6) is 0 Å². The second kappa shape index (κ2) is 6.14. The molecule has 0 radical (unpaired) electrons. The first kappa shape index (κ1) is 13.3. The fourth-order valence-corrected chi connectivity index (χ4v) is 2.63. The summed E-state index contributed by atoms with van der Waals surface area (Å²) in [6, 6.07) is 1.83. The standard InChI is InChI=1S/C14H22N2O2/c1-11-3-5-12(6-4-11)14(17)13-7-8-15-16(13)9-10-18-2/h7-8,11-12H,3-6,9-10H2,1-2H3. The first-order valence-corrected chi connectivity index (χ1v) is 6.77. The van der Waals surface area contributed by atoms with Crippen LogP contribution in [0.15, 0.2) is 12.3 Å². The Hall–Kier alpha value is -1.16. The summed E-state index contributed by atoms with van der Waals surface area (Å²) in [7, 11) is 1.66. The number of carbonyl (C=O) groups excluding carboxylic acids is 1. The average molecular weight is 250 g/mol. The predicted molar refractivity (Wildman–Crippen MR) is 69.6 cm³/mol. The van der Waals surface area contributed by atoms with Crippen LogP contribution in [0.4, 0.5) is 0 Å². The van der Waals surface area contributed by atoms with Gasteiger partial charge in [0.05, 0.1) is 13.2 Å². The van der Waals surface area contributed by atoms with Gasteiger partial charge in [-0.25, -0.2) is 0 Å². The van der Waals surface area contributed by atoms with E-state index in [-0.39, 0.29) is 11.7 Å². The van der Waals surface area contributed by atoms with Gasteiger partial charge in [-0.3, -0.25) is 9.48 Å². The Bertz CT molecular complexity index is 392. The number of nitrogens with zero attached hydrogens (tertiary/aromatic N) is 2. The van der Waals surface area contributed by atoms with E-state index in [2.05, 4.69) is 12.0 Å². The van der Waals surface area contributed by atoms with Crippen LogP contribution in [0.1, 0.15) is 43.1 Å². The van der Waals surface area contributed by atoms with Gasteiger partial charge in [0.1, 0.15) is 5.69 Å². The van der Waals surface area contributed by atoms with Crippen LogP contribution in [0.25, 0.3) is 0 Å². The molecular formula is C14H22N2O2. The molecule has 0 aliphatic heterocycles. The number of rotatable bonds is 5. The van der Waals surface area contributed by atoms with Crippen LogP contribution >= 0.6 is 0 Å². The van der Waals surface area contributed by atoms with Crippen molar-refractivity contribution in [2.45, 2.75) is 39.2 Å². The van der Waals surface area contributed by atoms with E-state index in [9.17, 15) is 4.79 Å². The molecule has 0 atom stereocenters. The average Bonchev–Trinajstić information content (AvgIpc) is 2.84. The van der Waals surface area contributed by atoms with E-state index in [0.717, 1.165) is 24.5 Å². The summed E-state index contributed by atoms with van der Waals surface area (Å²) in [5.74, 6) is 1.22. The lowest BCUT2D eigenvalue weighted by Gasteiger charge is -2.25. The fraction of sp³-hybridized carbons (Fsp3) is 0.714. The van der Waals surface area contributed by atoms with Crippen molar-refractivity contribution in [2.24, 2.45) is 11.8 Å². The molecule has 2 rings (SSSR count). The smallest absolute Gasteiger partial charge is 0.183 e.